The Morgan fingerprint density at radius 2 is 1.67 bits per heavy atom. The monoisotopic (exact) mass is 435 g/mol. The van der Waals surface area contributed by atoms with E-state index in [0.29, 0.717) is 6.07 Å². The molecule has 2 aromatic carbocycles. The number of alkyl halides is 3. The van der Waals surface area contributed by atoms with Gasteiger partial charge in [0.1, 0.15) is 0 Å². The summed E-state index contributed by atoms with van der Waals surface area (Å²) in [4.78, 5) is 16.1. The summed E-state index contributed by atoms with van der Waals surface area (Å²) < 4.78 is 65.8. The van der Waals surface area contributed by atoms with Gasteiger partial charge in [-0.25, -0.2) is 8.42 Å². The first-order valence-electron chi connectivity index (χ1n) is 8.59. The summed E-state index contributed by atoms with van der Waals surface area (Å²) in [7, 11) is -4.19. The molecule has 1 amide bonds. The molecule has 30 heavy (non-hydrogen) atoms. The molecule has 0 aliphatic carbocycles. The average molecular weight is 435 g/mol. The second-order valence-electron chi connectivity index (χ2n) is 6.35. The molecule has 0 bridgehead atoms. The van der Waals surface area contributed by atoms with E-state index in [9.17, 15) is 26.4 Å². The molecule has 6 nitrogen and oxygen atoms in total. The average Bonchev–Trinajstić information content (AvgIpc) is 2.68. The summed E-state index contributed by atoms with van der Waals surface area (Å²) in [5, 5.41) is 2.56. The highest BCUT2D eigenvalue weighted by atomic mass is 32.2. The van der Waals surface area contributed by atoms with Crippen LogP contribution in [0.1, 0.15) is 21.6 Å². The van der Waals surface area contributed by atoms with E-state index in [1.807, 2.05) is 0 Å². The highest BCUT2D eigenvalue weighted by Crippen LogP contribution is 2.31. The number of aromatic nitrogens is 1. The molecule has 0 aliphatic rings. The molecule has 0 aliphatic heterocycles. The first-order chi connectivity index (χ1) is 14.0. The Balaban J connectivity index is 1.80. The van der Waals surface area contributed by atoms with E-state index in [1.165, 1.54) is 36.5 Å². The number of rotatable bonds is 5. The van der Waals surface area contributed by atoms with E-state index >= 15 is 0 Å². The van der Waals surface area contributed by atoms with Gasteiger partial charge in [0, 0.05) is 23.3 Å². The second-order valence-corrected chi connectivity index (χ2v) is 8.04. The molecule has 1 aromatic heterocycles. The Kier molecular flexibility index (Phi) is 5.79. The number of halogens is 3. The maximum atomic E-state index is 12.8. The van der Waals surface area contributed by atoms with Gasteiger partial charge in [-0.15, -0.1) is 0 Å². The first kappa shape index (κ1) is 21.3. The minimum absolute atomic E-state index is 0.201. The fourth-order valence-electron chi connectivity index (χ4n) is 2.52. The van der Waals surface area contributed by atoms with Crippen molar-refractivity contribution in [2.45, 2.75) is 18.0 Å². The molecule has 0 saturated carbocycles. The molecule has 0 spiro atoms. The number of anilines is 2. The highest BCUT2D eigenvalue weighted by molar-refractivity contribution is 7.92. The van der Waals surface area contributed by atoms with Crippen LogP contribution in [-0.2, 0) is 16.2 Å². The van der Waals surface area contributed by atoms with Crippen LogP contribution in [-0.4, -0.2) is 19.3 Å². The number of hydrogen-bond acceptors (Lipinski definition) is 4. The van der Waals surface area contributed by atoms with Crippen LogP contribution in [0.4, 0.5) is 24.5 Å². The van der Waals surface area contributed by atoms with E-state index in [-0.39, 0.29) is 21.8 Å². The van der Waals surface area contributed by atoms with Crippen LogP contribution in [0.15, 0.2) is 71.8 Å². The minimum Gasteiger partial charge on any atom is -0.322 e. The fourth-order valence-corrected chi connectivity index (χ4v) is 3.61. The highest BCUT2D eigenvalue weighted by Gasteiger charge is 2.30. The number of carbonyl (C=O) groups excluding carboxylic acids is 1. The Labute approximate surface area is 170 Å². The van der Waals surface area contributed by atoms with E-state index < -0.39 is 27.7 Å². The van der Waals surface area contributed by atoms with Crippen molar-refractivity contribution in [3.63, 3.8) is 0 Å². The summed E-state index contributed by atoms with van der Waals surface area (Å²) in [6.07, 6.45) is -3.21. The maximum Gasteiger partial charge on any atom is 0.416 e. The molecule has 3 rings (SSSR count). The number of sulfonamides is 1. The number of hydrogen-bond donors (Lipinski definition) is 2. The van der Waals surface area contributed by atoms with Crippen molar-refractivity contribution in [2.75, 3.05) is 10.0 Å². The molecular weight excluding hydrogens is 419 g/mol. The van der Waals surface area contributed by atoms with Crippen molar-refractivity contribution in [1.82, 2.24) is 4.98 Å². The third-order valence-electron chi connectivity index (χ3n) is 4.02. The molecule has 0 fully saturated rings. The predicted octanol–water partition coefficient (Wildman–Crippen LogP) is 4.46. The molecule has 10 heteroatoms. The summed E-state index contributed by atoms with van der Waals surface area (Å²) in [6.45, 7) is 1.77. The van der Waals surface area contributed by atoms with Gasteiger partial charge in [-0.2, -0.15) is 13.2 Å². The van der Waals surface area contributed by atoms with Crippen LogP contribution in [0.5, 0.6) is 0 Å². The topological polar surface area (TPSA) is 88.2 Å². The lowest BCUT2D eigenvalue weighted by Crippen LogP contribution is -2.15. The van der Waals surface area contributed by atoms with Crippen LogP contribution in [0.2, 0.25) is 0 Å². The standard InChI is InChI=1S/C20H16F3N3O3S/c1-13-8-9-14(12-24-13)19(27)25-16-5-3-7-18(11-16)30(28,29)26-17-6-2-4-15(10-17)20(21,22)23/h2-12,26H,1H3,(H,25,27). The molecule has 156 valence electrons. The predicted molar refractivity (Wildman–Crippen MR) is 106 cm³/mol. The van der Waals surface area contributed by atoms with Gasteiger partial charge in [0.15, 0.2) is 0 Å². The van der Waals surface area contributed by atoms with E-state index in [1.54, 1.807) is 19.1 Å². The summed E-state index contributed by atoms with van der Waals surface area (Å²) in [5.41, 5.74) is 0.0177. The van der Waals surface area contributed by atoms with Gasteiger partial charge in [-0.1, -0.05) is 12.1 Å². The summed E-state index contributed by atoms with van der Waals surface area (Å²) >= 11 is 0. The van der Waals surface area contributed by atoms with Gasteiger partial charge < -0.3 is 5.32 Å². The molecule has 0 saturated heterocycles. The van der Waals surface area contributed by atoms with Gasteiger partial charge in [-0.3, -0.25) is 14.5 Å². The second kappa shape index (κ2) is 8.15. The molecule has 0 atom stereocenters. The lowest BCUT2D eigenvalue weighted by molar-refractivity contribution is -0.137. The molecule has 1 heterocycles. The Bertz CT molecular complexity index is 1180. The minimum atomic E-state index is -4.60. The van der Waals surface area contributed by atoms with Crippen LogP contribution in [0, 0.1) is 6.92 Å². The number of benzene rings is 2. The summed E-state index contributed by atoms with van der Waals surface area (Å²) in [5.74, 6) is -0.483. The molecular formula is C20H16F3N3O3S. The lowest BCUT2D eigenvalue weighted by atomic mass is 10.2. The first-order valence-corrected chi connectivity index (χ1v) is 10.1. The van der Waals surface area contributed by atoms with E-state index in [4.69, 9.17) is 0 Å². The van der Waals surface area contributed by atoms with Crippen LogP contribution >= 0.6 is 0 Å². The van der Waals surface area contributed by atoms with Gasteiger partial charge >= 0.3 is 6.18 Å². The smallest absolute Gasteiger partial charge is 0.322 e. The number of pyridine rings is 1. The number of aryl methyl sites for hydroxylation is 1. The Hall–Kier alpha value is -3.40. The van der Waals surface area contributed by atoms with Crippen LogP contribution in [0.25, 0.3) is 0 Å². The molecule has 2 N–H and O–H groups in total. The van der Waals surface area contributed by atoms with Crippen LogP contribution < -0.4 is 10.0 Å². The molecule has 0 unspecified atom stereocenters. The zero-order valence-electron chi connectivity index (χ0n) is 15.6. The third-order valence-corrected chi connectivity index (χ3v) is 5.40. The van der Waals surface area contributed by atoms with Crippen molar-refractivity contribution >= 4 is 27.3 Å². The largest absolute Gasteiger partial charge is 0.416 e. The van der Waals surface area contributed by atoms with E-state index in [0.717, 1.165) is 17.8 Å². The number of nitrogens with one attached hydrogen (secondary N) is 2. The number of carbonyl (C=O) groups is 1. The quantitative estimate of drug-likeness (QED) is 0.619. The Morgan fingerprint density at radius 1 is 0.967 bits per heavy atom. The summed E-state index contributed by atoms with van der Waals surface area (Å²) in [6, 6.07) is 12.5. The van der Waals surface area contributed by atoms with Crippen molar-refractivity contribution in [2.24, 2.45) is 0 Å². The van der Waals surface area contributed by atoms with Gasteiger partial charge in [0.2, 0.25) is 0 Å². The lowest BCUT2D eigenvalue weighted by Gasteiger charge is -2.12. The SMILES string of the molecule is Cc1ccc(C(=O)Nc2cccc(S(=O)(=O)Nc3cccc(C(F)(F)F)c3)c2)cn1. The van der Waals surface area contributed by atoms with Crippen molar-refractivity contribution < 1.29 is 26.4 Å². The molecule has 3 aromatic rings. The molecule has 0 radical (unpaired) electrons. The maximum absolute atomic E-state index is 12.8. The van der Waals surface area contributed by atoms with Crippen molar-refractivity contribution in [3.8, 4) is 0 Å². The fraction of sp³-hybridized carbons (Fsp3) is 0.100. The van der Waals surface area contributed by atoms with Gasteiger partial charge in [-0.05, 0) is 55.5 Å². The zero-order valence-corrected chi connectivity index (χ0v) is 16.4. The van der Waals surface area contributed by atoms with Crippen molar-refractivity contribution in [1.29, 1.82) is 0 Å². The number of nitrogens with zero attached hydrogens (tertiary/aromatic N) is 1. The third kappa shape index (κ3) is 5.15. The number of amides is 1. The van der Waals surface area contributed by atoms with Crippen LogP contribution in [0.3, 0.4) is 0 Å². The van der Waals surface area contributed by atoms with Gasteiger partial charge in [0.25, 0.3) is 15.9 Å². The normalized spacial score (nSPS) is 11.7. The van der Waals surface area contributed by atoms with Crippen molar-refractivity contribution in [3.05, 3.63) is 83.7 Å². The Morgan fingerprint density at radius 3 is 2.33 bits per heavy atom. The van der Waals surface area contributed by atoms with Gasteiger partial charge in [0.05, 0.1) is 16.0 Å². The van der Waals surface area contributed by atoms with E-state index in [2.05, 4.69) is 15.0 Å². The zero-order chi connectivity index (χ0) is 21.9.